The number of nitrogens with zero attached hydrogens (tertiary/aromatic N) is 3. The molecule has 0 aliphatic carbocycles. The fourth-order valence-electron chi connectivity index (χ4n) is 2.71. The molecule has 130 valence electrons. The largest absolute Gasteiger partial charge is 0.467 e. The molecule has 0 radical (unpaired) electrons. The maximum atomic E-state index is 6.07. The first-order valence-corrected chi connectivity index (χ1v) is 9.42. The molecule has 0 amide bonds. The number of furan rings is 1. The summed E-state index contributed by atoms with van der Waals surface area (Å²) in [5.74, 6) is 0.870. The van der Waals surface area contributed by atoms with Crippen molar-refractivity contribution in [3.8, 4) is 0 Å². The lowest BCUT2D eigenvalue weighted by molar-refractivity contribution is 0.484. The molecule has 0 aliphatic heterocycles. The minimum Gasteiger partial charge on any atom is -0.467 e. The van der Waals surface area contributed by atoms with Crippen molar-refractivity contribution in [1.29, 1.82) is 0 Å². The average molecular weight is 382 g/mol. The Morgan fingerprint density at radius 1 is 0.962 bits per heavy atom. The molecule has 0 fully saturated rings. The van der Waals surface area contributed by atoms with E-state index in [2.05, 4.69) is 34.5 Å². The Bertz CT molecular complexity index is 952. The Kier molecular flexibility index (Phi) is 5.09. The van der Waals surface area contributed by atoms with Crippen LogP contribution >= 0.6 is 23.4 Å². The summed E-state index contributed by atoms with van der Waals surface area (Å²) in [6.45, 7) is 0.602. The van der Waals surface area contributed by atoms with Gasteiger partial charge in [0.15, 0.2) is 5.16 Å². The highest BCUT2D eigenvalue weighted by atomic mass is 35.5. The molecule has 4 nitrogen and oxygen atoms in total. The van der Waals surface area contributed by atoms with Crippen LogP contribution in [0.4, 0.5) is 0 Å². The van der Waals surface area contributed by atoms with Gasteiger partial charge in [-0.05, 0) is 35.4 Å². The van der Waals surface area contributed by atoms with Gasteiger partial charge in [-0.15, -0.1) is 10.2 Å². The quantitative estimate of drug-likeness (QED) is 0.416. The van der Waals surface area contributed by atoms with Gasteiger partial charge < -0.3 is 8.98 Å². The van der Waals surface area contributed by atoms with E-state index in [1.54, 1.807) is 24.4 Å². The number of hydrogen-bond acceptors (Lipinski definition) is 4. The molecule has 26 heavy (non-hydrogen) atoms. The SMILES string of the molecule is Clc1ccc(C(Sc2nncn2Cc2ccco2)c2ccccc2)cc1. The maximum Gasteiger partial charge on any atom is 0.192 e. The number of hydrogen-bond donors (Lipinski definition) is 0. The van der Waals surface area contributed by atoms with Crippen molar-refractivity contribution >= 4 is 23.4 Å². The summed E-state index contributed by atoms with van der Waals surface area (Å²) in [5, 5.41) is 10.1. The second kappa shape index (κ2) is 7.81. The van der Waals surface area contributed by atoms with Gasteiger partial charge in [0.25, 0.3) is 0 Å². The number of halogens is 1. The van der Waals surface area contributed by atoms with Gasteiger partial charge in [-0.3, -0.25) is 0 Å². The van der Waals surface area contributed by atoms with Crippen molar-refractivity contribution in [2.75, 3.05) is 0 Å². The zero-order valence-electron chi connectivity index (χ0n) is 13.8. The van der Waals surface area contributed by atoms with Crippen molar-refractivity contribution in [3.63, 3.8) is 0 Å². The van der Waals surface area contributed by atoms with Gasteiger partial charge in [0.05, 0.1) is 18.1 Å². The molecule has 6 heteroatoms. The van der Waals surface area contributed by atoms with Gasteiger partial charge >= 0.3 is 0 Å². The summed E-state index contributed by atoms with van der Waals surface area (Å²) in [6, 6.07) is 22.1. The highest BCUT2D eigenvalue weighted by Gasteiger charge is 2.19. The fraction of sp³-hybridized carbons (Fsp3) is 0.100. The van der Waals surface area contributed by atoms with Gasteiger partial charge in [0.1, 0.15) is 12.1 Å². The Labute approximate surface area is 160 Å². The van der Waals surface area contributed by atoms with E-state index < -0.39 is 0 Å². The van der Waals surface area contributed by atoms with Crippen LogP contribution < -0.4 is 0 Å². The van der Waals surface area contributed by atoms with E-state index in [1.165, 1.54) is 5.56 Å². The predicted octanol–water partition coefficient (Wildman–Crippen LogP) is 5.45. The van der Waals surface area contributed by atoms with Crippen LogP contribution in [0.3, 0.4) is 0 Å². The molecule has 0 bridgehead atoms. The van der Waals surface area contributed by atoms with E-state index in [9.17, 15) is 0 Å². The molecule has 0 spiro atoms. The molecule has 2 aromatic carbocycles. The highest BCUT2D eigenvalue weighted by molar-refractivity contribution is 7.99. The summed E-state index contributed by atoms with van der Waals surface area (Å²) in [7, 11) is 0. The van der Waals surface area contributed by atoms with Gasteiger partial charge in [0, 0.05) is 5.02 Å². The summed E-state index contributed by atoms with van der Waals surface area (Å²) in [6.07, 6.45) is 3.40. The van der Waals surface area contributed by atoms with Crippen LogP contribution in [0.2, 0.25) is 5.02 Å². The van der Waals surface area contributed by atoms with E-state index >= 15 is 0 Å². The van der Waals surface area contributed by atoms with E-state index in [1.807, 2.05) is 47.0 Å². The Morgan fingerprint density at radius 2 is 1.73 bits per heavy atom. The Morgan fingerprint density at radius 3 is 2.46 bits per heavy atom. The van der Waals surface area contributed by atoms with E-state index in [4.69, 9.17) is 16.0 Å². The van der Waals surface area contributed by atoms with E-state index in [0.717, 1.165) is 21.5 Å². The molecular weight excluding hydrogens is 366 g/mol. The third-order valence-electron chi connectivity index (χ3n) is 3.98. The zero-order chi connectivity index (χ0) is 17.8. The smallest absolute Gasteiger partial charge is 0.192 e. The molecule has 0 saturated heterocycles. The zero-order valence-corrected chi connectivity index (χ0v) is 15.4. The monoisotopic (exact) mass is 381 g/mol. The molecule has 0 N–H and O–H groups in total. The third kappa shape index (κ3) is 3.84. The van der Waals surface area contributed by atoms with Crippen LogP contribution in [0, 0.1) is 0 Å². The molecule has 0 aliphatic rings. The molecule has 2 aromatic heterocycles. The van der Waals surface area contributed by atoms with Crippen LogP contribution in [0.1, 0.15) is 22.1 Å². The molecular formula is C20H16ClN3OS. The predicted molar refractivity (Wildman–Crippen MR) is 103 cm³/mol. The number of thioether (sulfide) groups is 1. The van der Waals surface area contributed by atoms with Gasteiger partial charge in [-0.1, -0.05) is 65.8 Å². The summed E-state index contributed by atoms with van der Waals surface area (Å²) < 4.78 is 7.44. The number of benzene rings is 2. The molecule has 1 unspecified atom stereocenters. The lowest BCUT2D eigenvalue weighted by atomic mass is 10.0. The summed E-state index contributed by atoms with van der Waals surface area (Å²) in [5.41, 5.74) is 2.37. The van der Waals surface area contributed by atoms with Crippen LogP contribution in [0.5, 0.6) is 0 Å². The average Bonchev–Trinajstić information content (AvgIpc) is 3.34. The molecule has 2 heterocycles. The Hall–Kier alpha value is -2.50. The van der Waals surface area contributed by atoms with Crippen molar-refractivity contribution in [3.05, 3.63) is 101 Å². The standard InChI is InChI=1S/C20H16ClN3OS/c21-17-10-8-16(9-11-17)19(15-5-2-1-3-6-15)26-20-23-22-14-24(20)13-18-7-4-12-25-18/h1-12,14,19H,13H2. The minimum absolute atomic E-state index is 0.0908. The molecule has 0 saturated carbocycles. The highest BCUT2D eigenvalue weighted by Crippen LogP contribution is 2.39. The molecule has 4 rings (SSSR count). The molecule has 4 aromatic rings. The summed E-state index contributed by atoms with van der Waals surface area (Å²) in [4.78, 5) is 0. The maximum absolute atomic E-state index is 6.07. The lowest BCUT2D eigenvalue weighted by Gasteiger charge is -2.17. The first-order chi connectivity index (χ1) is 12.8. The first kappa shape index (κ1) is 16.9. The summed E-state index contributed by atoms with van der Waals surface area (Å²) >= 11 is 7.73. The van der Waals surface area contributed by atoms with Gasteiger partial charge in [-0.25, -0.2) is 0 Å². The van der Waals surface area contributed by atoms with E-state index in [0.29, 0.717) is 6.54 Å². The second-order valence-corrected chi connectivity index (χ2v) is 7.29. The Balaban J connectivity index is 1.65. The number of rotatable bonds is 6. The number of aromatic nitrogens is 3. The van der Waals surface area contributed by atoms with Crippen molar-refractivity contribution in [2.24, 2.45) is 0 Å². The van der Waals surface area contributed by atoms with Crippen LogP contribution in [-0.2, 0) is 6.54 Å². The van der Waals surface area contributed by atoms with E-state index in [-0.39, 0.29) is 5.25 Å². The first-order valence-electron chi connectivity index (χ1n) is 8.17. The van der Waals surface area contributed by atoms with Gasteiger partial charge in [-0.2, -0.15) is 0 Å². The fourth-order valence-corrected chi connectivity index (χ4v) is 3.98. The third-order valence-corrected chi connectivity index (χ3v) is 5.54. The van der Waals surface area contributed by atoms with Crippen molar-refractivity contribution in [2.45, 2.75) is 17.0 Å². The minimum atomic E-state index is 0.0908. The van der Waals surface area contributed by atoms with Crippen LogP contribution in [0.25, 0.3) is 0 Å². The molecule has 1 atom stereocenters. The normalized spacial score (nSPS) is 12.2. The lowest BCUT2D eigenvalue weighted by Crippen LogP contribution is -2.03. The van der Waals surface area contributed by atoms with Gasteiger partial charge in [0.2, 0.25) is 0 Å². The topological polar surface area (TPSA) is 43.9 Å². The van der Waals surface area contributed by atoms with Crippen molar-refractivity contribution in [1.82, 2.24) is 14.8 Å². The van der Waals surface area contributed by atoms with Crippen molar-refractivity contribution < 1.29 is 4.42 Å². The van der Waals surface area contributed by atoms with Crippen LogP contribution in [-0.4, -0.2) is 14.8 Å². The van der Waals surface area contributed by atoms with Crippen LogP contribution in [0.15, 0.2) is 88.9 Å². The second-order valence-electron chi connectivity index (χ2n) is 5.78.